The van der Waals surface area contributed by atoms with Gasteiger partial charge in [-0.05, 0) is 29.8 Å². The molecular weight excluding hydrogens is 297 g/mol. The minimum Gasteiger partial charge on any atom is -0.304 e. The molecular formula is C16H10FN5O. The van der Waals surface area contributed by atoms with Crippen LogP contribution < -0.4 is 5.69 Å². The molecule has 0 aliphatic rings. The summed E-state index contributed by atoms with van der Waals surface area (Å²) in [5.74, 6) is -0.479. The van der Waals surface area contributed by atoms with Crippen molar-refractivity contribution in [1.82, 2.24) is 24.9 Å². The summed E-state index contributed by atoms with van der Waals surface area (Å²) in [6, 6.07) is 6.93. The summed E-state index contributed by atoms with van der Waals surface area (Å²) in [5.41, 5.74) is 2.83. The zero-order chi connectivity index (χ0) is 15.8. The van der Waals surface area contributed by atoms with Crippen molar-refractivity contribution in [3.05, 3.63) is 65.4 Å². The maximum absolute atomic E-state index is 14.2. The molecule has 0 amide bonds. The number of nitrogens with one attached hydrogen (secondary N) is 2. The van der Waals surface area contributed by atoms with E-state index in [9.17, 15) is 9.18 Å². The van der Waals surface area contributed by atoms with Gasteiger partial charge in [0, 0.05) is 29.7 Å². The fraction of sp³-hybridized carbons (Fsp3) is 0. The van der Waals surface area contributed by atoms with Crippen molar-refractivity contribution in [2.45, 2.75) is 0 Å². The first-order valence-corrected chi connectivity index (χ1v) is 6.86. The average molecular weight is 307 g/mol. The Morgan fingerprint density at radius 3 is 2.52 bits per heavy atom. The molecule has 0 atom stereocenters. The minimum absolute atomic E-state index is 0.316. The lowest BCUT2D eigenvalue weighted by Gasteiger charge is -2.10. The zero-order valence-corrected chi connectivity index (χ0v) is 11.7. The largest absolute Gasteiger partial charge is 0.325 e. The number of aromatic amines is 2. The number of pyridine rings is 3. The Bertz CT molecular complexity index is 1050. The molecule has 7 heteroatoms. The van der Waals surface area contributed by atoms with Gasteiger partial charge in [-0.25, -0.2) is 14.2 Å². The van der Waals surface area contributed by atoms with E-state index in [1.54, 1.807) is 36.7 Å². The van der Waals surface area contributed by atoms with Crippen molar-refractivity contribution in [2.24, 2.45) is 0 Å². The Morgan fingerprint density at radius 1 is 0.957 bits per heavy atom. The average Bonchev–Trinajstić information content (AvgIpc) is 2.94. The molecule has 0 aliphatic carbocycles. The number of fused-ring (bicyclic) bond motifs is 1. The van der Waals surface area contributed by atoms with E-state index in [1.165, 1.54) is 6.20 Å². The van der Waals surface area contributed by atoms with Crippen molar-refractivity contribution in [3.8, 4) is 22.4 Å². The van der Waals surface area contributed by atoms with Gasteiger partial charge in [-0.2, -0.15) is 0 Å². The highest BCUT2D eigenvalue weighted by molar-refractivity contribution is 5.88. The number of hydrogen-bond acceptors (Lipinski definition) is 4. The molecule has 0 spiro atoms. The van der Waals surface area contributed by atoms with Crippen LogP contribution in [0, 0.1) is 5.82 Å². The molecule has 0 aliphatic heterocycles. The Balaban J connectivity index is 2.08. The quantitative estimate of drug-likeness (QED) is 0.595. The normalized spacial score (nSPS) is 11.0. The molecule has 4 aromatic heterocycles. The number of imidazole rings is 1. The summed E-state index contributed by atoms with van der Waals surface area (Å²) in [7, 11) is 0. The Kier molecular flexibility index (Phi) is 2.97. The van der Waals surface area contributed by atoms with E-state index >= 15 is 0 Å². The first-order valence-electron chi connectivity index (χ1n) is 6.86. The van der Waals surface area contributed by atoms with Gasteiger partial charge in [0.1, 0.15) is 0 Å². The highest BCUT2D eigenvalue weighted by Crippen LogP contribution is 2.33. The van der Waals surface area contributed by atoms with Crippen LogP contribution in [-0.2, 0) is 0 Å². The first-order chi connectivity index (χ1) is 11.2. The van der Waals surface area contributed by atoms with Gasteiger partial charge in [0.15, 0.2) is 11.5 Å². The Morgan fingerprint density at radius 2 is 1.74 bits per heavy atom. The molecule has 0 saturated carbocycles. The van der Waals surface area contributed by atoms with Crippen LogP contribution in [-0.4, -0.2) is 24.9 Å². The molecule has 2 N–H and O–H groups in total. The number of halogens is 1. The summed E-state index contributed by atoms with van der Waals surface area (Å²) < 4.78 is 14.2. The number of hydrogen-bond donors (Lipinski definition) is 2. The summed E-state index contributed by atoms with van der Waals surface area (Å²) in [5, 5.41) is 0. The lowest BCUT2D eigenvalue weighted by Crippen LogP contribution is -1.99. The van der Waals surface area contributed by atoms with Crippen molar-refractivity contribution in [1.29, 1.82) is 0 Å². The third-order valence-electron chi connectivity index (χ3n) is 3.52. The van der Waals surface area contributed by atoms with Gasteiger partial charge in [0.2, 0.25) is 0 Å². The second kappa shape index (κ2) is 5.13. The number of H-pyrrole nitrogens is 2. The molecule has 112 valence electrons. The summed E-state index contributed by atoms with van der Waals surface area (Å²) in [6.07, 6.45) is 5.93. The fourth-order valence-electron chi connectivity index (χ4n) is 2.49. The SMILES string of the molecule is O=c1[nH]c2cc(-c3ccncc3)c(-c3ccncc3F)nc2[nH]1. The maximum atomic E-state index is 14.2. The van der Waals surface area contributed by atoms with Crippen LogP contribution in [0.15, 0.2) is 53.8 Å². The standard InChI is InChI=1S/C16H10FN5O/c17-12-8-19-6-3-10(12)14-11(9-1-4-18-5-2-9)7-13-15(21-14)22-16(23)20-13/h1-8H,(H2,20,21,22,23). The van der Waals surface area contributed by atoms with Crippen LogP contribution in [0.2, 0.25) is 0 Å². The van der Waals surface area contributed by atoms with Crippen LogP contribution in [0.25, 0.3) is 33.5 Å². The molecule has 0 radical (unpaired) electrons. The molecule has 0 saturated heterocycles. The van der Waals surface area contributed by atoms with Crippen LogP contribution in [0.3, 0.4) is 0 Å². The second-order valence-electron chi connectivity index (χ2n) is 4.95. The molecule has 0 bridgehead atoms. The van der Waals surface area contributed by atoms with E-state index in [0.717, 1.165) is 11.8 Å². The molecule has 0 fully saturated rings. The highest BCUT2D eigenvalue weighted by atomic mass is 19.1. The molecule has 4 heterocycles. The summed E-state index contributed by atoms with van der Waals surface area (Å²) in [4.78, 5) is 28.9. The van der Waals surface area contributed by atoms with Crippen LogP contribution in [0.1, 0.15) is 0 Å². The number of nitrogens with zero attached hydrogens (tertiary/aromatic N) is 3. The number of aromatic nitrogens is 5. The van der Waals surface area contributed by atoms with Gasteiger partial charge in [0.05, 0.1) is 17.4 Å². The maximum Gasteiger partial charge on any atom is 0.325 e. The van der Waals surface area contributed by atoms with Gasteiger partial charge in [0.25, 0.3) is 0 Å². The van der Waals surface area contributed by atoms with Crippen molar-refractivity contribution >= 4 is 11.2 Å². The van der Waals surface area contributed by atoms with Crippen LogP contribution in [0.4, 0.5) is 4.39 Å². The second-order valence-corrected chi connectivity index (χ2v) is 4.95. The first kappa shape index (κ1) is 13.3. The topological polar surface area (TPSA) is 87.3 Å². The predicted octanol–water partition coefficient (Wildman–Crippen LogP) is 2.51. The van der Waals surface area contributed by atoms with E-state index in [2.05, 4.69) is 24.9 Å². The Labute approximate surface area is 129 Å². The molecule has 0 unspecified atom stereocenters. The molecule has 0 aromatic carbocycles. The molecule has 6 nitrogen and oxygen atoms in total. The molecule has 4 aromatic rings. The van der Waals surface area contributed by atoms with Crippen molar-refractivity contribution < 1.29 is 4.39 Å². The van der Waals surface area contributed by atoms with E-state index in [1.807, 2.05) is 0 Å². The third kappa shape index (κ3) is 2.28. The van der Waals surface area contributed by atoms with Gasteiger partial charge in [-0.15, -0.1) is 0 Å². The predicted molar refractivity (Wildman–Crippen MR) is 83.1 cm³/mol. The minimum atomic E-state index is -0.479. The van der Waals surface area contributed by atoms with Gasteiger partial charge >= 0.3 is 5.69 Å². The van der Waals surface area contributed by atoms with E-state index < -0.39 is 5.82 Å². The summed E-state index contributed by atoms with van der Waals surface area (Å²) in [6.45, 7) is 0. The summed E-state index contributed by atoms with van der Waals surface area (Å²) >= 11 is 0. The zero-order valence-electron chi connectivity index (χ0n) is 11.7. The Hall–Kier alpha value is -3.35. The highest BCUT2D eigenvalue weighted by Gasteiger charge is 2.15. The van der Waals surface area contributed by atoms with E-state index in [0.29, 0.717) is 28.0 Å². The van der Waals surface area contributed by atoms with Crippen LogP contribution >= 0.6 is 0 Å². The molecule has 23 heavy (non-hydrogen) atoms. The van der Waals surface area contributed by atoms with Gasteiger partial charge < -0.3 is 4.98 Å². The smallest absolute Gasteiger partial charge is 0.304 e. The van der Waals surface area contributed by atoms with Crippen LogP contribution in [0.5, 0.6) is 0 Å². The van der Waals surface area contributed by atoms with E-state index in [4.69, 9.17) is 0 Å². The van der Waals surface area contributed by atoms with Gasteiger partial charge in [-0.3, -0.25) is 15.0 Å². The fourth-order valence-corrected chi connectivity index (χ4v) is 2.49. The monoisotopic (exact) mass is 307 g/mol. The lowest BCUT2D eigenvalue weighted by atomic mass is 10.0. The van der Waals surface area contributed by atoms with E-state index in [-0.39, 0.29) is 5.69 Å². The lowest BCUT2D eigenvalue weighted by molar-refractivity contribution is 0.624. The molecule has 4 rings (SSSR count). The van der Waals surface area contributed by atoms with Gasteiger partial charge in [-0.1, -0.05) is 0 Å². The van der Waals surface area contributed by atoms with Crippen molar-refractivity contribution in [3.63, 3.8) is 0 Å². The number of rotatable bonds is 2. The third-order valence-corrected chi connectivity index (χ3v) is 3.52. The van der Waals surface area contributed by atoms with Crippen molar-refractivity contribution in [2.75, 3.05) is 0 Å².